The van der Waals surface area contributed by atoms with Crippen molar-refractivity contribution in [1.29, 1.82) is 0 Å². The Morgan fingerprint density at radius 3 is 2.42 bits per heavy atom. The smallest absolute Gasteiger partial charge is 0.255 e. The molecule has 0 aliphatic heterocycles. The summed E-state index contributed by atoms with van der Waals surface area (Å²) in [5.74, 6) is -3.82. The molecule has 2 bridgehead atoms. The van der Waals surface area contributed by atoms with Gasteiger partial charge in [-0.3, -0.25) is 4.79 Å². The van der Waals surface area contributed by atoms with Gasteiger partial charge in [-0.05, 0) is 73.3 Å². The van der Waals surface area contributed by atoms with Gasteiger partial charge in [0.25, 0.3) is 5.91 Å². The van der Waals surface area contributed by atoms with Gasteiger partial charge in [-0.25, -0.2) is 17.2 Å². The first kappa shape index (κ1) is 27.0. The molecule has 0 heterocycles. The van der Waals surface area contributed by atoms with Crippen molar-refractivity contribution in [1.82, 2.24) is 0 Å². The molecule has 0 radical (unpaired) electrons. The monoisotopic (exact) mass is 541 g/mol. The minimum atomic E-state index is -3.99. The number of halogens is 3. The third kappa shape index (κ3) is 4.55. The number of anilines is 1. The van der Waals surface area contributed by atoms with Crippen LogP contribution in [0, 0.1) is 35.3 Å². The van der Waals surface area contributed by atoms with E-state index in [2.05, 4.69) is 5.32 Å². The molecule has 2 saturated carbocycles. The van der Waals surface area contributed by atoms with Crippen molar-refractivity contribution in [2.45, 2.75) is 61.9 Å². The number of amides is 1. The molecule has 2 fully saturated rings. The predicted molar refractivity (Wildman–Crippen MR) is 133 cm³/mol. The van der Waals surface area contributed by atoms with Crippen LogP contribution >= 0.6 is 11.6 Å². The molecular formula is C26H30ClF2NO5S. The number of nitrogens with one attached hydrogen (secondary N) is 1. The topological polar surface area (TPSA) is 104 Å². The van der Waals surface area contributed by atoms with Gasteiger partial charge in [0.1, 0.15) is 0 Å². The Bertz CT molecular complexity index is 1290. The van der Waals surface area contributed by atoms with Crippen LogP contribution in [0.3, 0.4) is 0 Å². The highest BCUT2D eigenvalue weighted by Crippen LogP contribution is 2.56. The molecule has 1 amide bonds. The highest BCUT2D eigenvalue weighted by molar-refractivity contribution is 7.92. The first-order valence-electron chi connectivity index (χ1n) is 12.0. The molecule has 6 nitrogen and oxygen atoms in total. The fourth-order valence-corrected chi connectivity index (χ4v) is 8.41. The molecule has 3 N–H and O–H groups in total. The summed E-state index contributed by atoms with van der Waals surface area (Å²) >= 11 is 6.28. The van der Waals surface area contributed by atoms with E-state index in [-0.39, 0.29) is 51.8 Å². The lowest BCUT2D eigenvalue weighted by molar-refractivity contribution is -0.159. The van der Waals surface area contributed by atoms with Crippen LogP contribution in [-0.4, -0.2) is 41.5 Å². The van der Waals surface area contributed by atoms with Gasteiger partial charge in [0.2, 0.25) is 0 Å². The van der Waals surface area contributed by atoms with Crippen LogP contribution in [0.4, 0.5) is 14.5 Å². The van der Waals surface area contributed by atoms with Crippen molar-refractivity contribution >= 4 is 33.0 Å². The van der Waals surface area contributed by atoms with Crippen LogP contribution in [0.5, 0.6) is 0 Å². The number of fused-ring (bicyclic) bond motifs is 2. The number of hydrogen-bond donors (Lipinski definition) is 3. The quantitative estimate of drug-likeness (QED) is 0.486. The summed E-state index contributed by atoms with van der Waals surface area (Å²) in [6, 6.07) is 6.73. The van der Waals surface area contributed by atoms with E-state index in [1.165, 1.54) is 24.3 Å². The second-order valence-corrected chi connectivity index (χ2v) is 13.1. The number of benzene rings is 2. The second-order valence-electron chi connectivity index (χ2n) is 10.5. The average molecular weight is 542 g/mol. The Balaban J connectivity index is 1.61. The molecule has 2 aromatic carbocycles. The summed E-state index contributed by atoms with van der Waals surface area (Å²) in [7, 11) is -3.99. The van der Waals surface area contributed by atoms with E-state index in [1.54, 1.807) is 0 Å². The Morgan fingerprint density at radius 2 is 1.81 bits per heavy atom. The minimum absolute atomic E-state index is 0.0124. The lowest BCUT2D eigenvalue weighted by atomic mass is 9.68. The molecule has 0 aromatic heterocycles. The van der Waals surface area contributed by atoms with Crippen LogP contribution in [0.1, 0.15) is 50.4 Å². The zero-order valence-electron chi connectivity index (χ0n) is 20.2. The van der Waals surface area contributed by atoms with Gasteiger partial charge in [0, 0.05) is 17.3 Å². The van der Waals surface area contributed by atoms with Crippen LogP contribution < -0.4 is 5.32 Å². The maximum absolute atomic E-state index is 13.7. The molecule has 1 unspecified atom stereocenters. The first-order chi connectivity index (χ1) is 16.8. The number of hydrogen-bond acceptors (Lipinski definition) is 5. The van der Waals surface area contributed by atoms with Crippen LogP contribution in [0.15, 0.2) is 41.3 Å². The van der Waals surface area contributed by atoms with E-state index in [9.17, 15) is 32.2 Å². The maximum Gasteiger partial charge on any atom is 0.255 e. The molecule has 196 valence electrons. The molecule has 6 atom stereocenters. The molecular weight excluding hydrogens is 512 g/mol. The van der Waals surface area contributed by atoms with Crippen molar-refractivity contribution in [3.8, 4) is 0 Å². The zero-order valence-corrected chi connectivity index (χ0v) is 21.8. The SMILES string of the molecule is CC(C)C(O)[C@@]1(O)[C@H]2C[C@@H](S(=O)(=O)c3cc(C(=O)Nc4ccc(F)c(F)c4)ccc3Cl)C[C@@H]1[C@@H](C)C2. The summed E-state index contributed by atoms with van der Waals surface area (Å²) in [4.78, 5) is 12.5. The van der Waals surface area contributed by atoms with E-state index < -0.39 is 50.3 Å². The molecule has 0 spiro atoms. The van der Waals surface area contributed by atoms with Gasteiger partial charge in [-0.1, -0.05) is 32.4 Å². The van der Waals surface area contributed by atoms with E-state index in [0.717, 1.165) is 12.1 Å². The van der Waals surface area contributed by atoms with E-state index in [1.807, 2.05) is 20.8 Å². The molecule has 0 saturated heterocycles. The van der Waals surface area contributed by atoms with Crippen molar-refractivity contribution in [2.75, 3.05) is 5.32 Å². The van der Waals surface area contributed by atoms with Gasteiger partial charge in [0.15, 0.2) is 21.5 Å². The van der Waals surface area contributed by atoms with Gasteiger partial charge >= 0.3 is 0 Å². The Hall–Kier alpha value is -2.07. The first-order valence-corrected chi connectivity index (χ1v) is 13.9. The maximum atomic E-state index is 13.7. The molecule has 4 rings (SSSR count). The highest BCUT2D eigenvalue weighted by Gasteiger charge is 2.61. The number of carbonyl (C=O) groups excluding carboxylic acids is 1. The largest absolute Gasteiger partial charge is 0.390 e. The Labute approximate surface area is 214 Å². The average Bonchev–Trinajstić information content (AvgIpc) is 2.94. The third-order valence-electron chi connectivity index (χ3n) is 7.88. The molecule has 2 aliphatic carbocycles. The summed E-state index contributed by atoms with van der Waals surface area (Å²) in [5.41, 5.74) is -1.35. The molecule has 2 aliphatic rings. The summed E-state index contributed by atoms with van der Waals surface area (Å²) in [5, 5.41) is 23.9. The van der Waals surface area contributed by atoms with Gasteiger partial charge in [-0.15, -0.1) is 0 Å². The predicted octanol–water partition coefficient (Wildman–Crippen LogP) is 4.83. The van der Waals surface area contributed by atoms with E-state index in [4.69, 9.17) is 11.6 Å². The fraction of sp³-hybridized carbons (Fsp3) is 0.500. The molecule has 10 heteroatoms. The summed E-state index contributed by atoms with van der Waals surface area (Å²) in [6.45, 7) is 5.62. The third-order valence-corrected chi connectivity index (χ3v) is 10.5. The molecule has 2 aromatic rings. The van der Waals surface area contributed by atoms with Crippen molar-refractivity contribution < 1.29 is 32.2 Å². The van der Waals surface area contributed by atoms with E-state index >= 15 is 0 Å². The Kier molecular flexibility index (Phi) is 7.24. The number of sulfone groups is 1. The van der Waals surface area contributed by atoms with Gasteiger partial charge in [-0.2, -0.15) is 0 Å². The summed E-state index contributed by atoms with van der Waals surface area (Å²) < 4.78 is 54.1. The zero-order chi connectivity index (χ0) is 26.6. The van der Waals surface area contributed by atoms with Crippen LogP contribution in [-0.2, 0) is 9.84 Å². The highest BCUT2D eigenvalue weighted by atomic mass is 35.5. The van der Waals surface area contributed by atoms with Crippen molar-refractivity contribution in [3.63, 3.8) is 0 Å². The molecule has 36 heavy (non-hydrogen) atoms. The fourth-order valence-electron chi connectivity index (χ4n) is 6.03. The lowest BCUT2D eigenvalue weighted by Gasteiger charge is -2.47. The van der Waals surface area contributed by atoms with Crippen LogP contribution in [0.25, 0.3) is 0 Å². The number of rotatable bonds is 6. The number of aliphatic hydroxyl groups is 2. The standard InChI is InChI=1S/C26H30ClF2NO5S/c1-13(2)24(31)26(33)16-8-14(3)19(26)12-18(10-16)36(34,35)23-9-15(4-6-20(23)27)25(32)30-17-5-7-21(28)22(29)11-17/h4-7,9,11,13-14,16,18-19,24,31,33H,8,10,12H2,1-3H3,(H,30,32)/t14-,16+,18+,19+,24?,26+/m0/s1. The lowest BCUT2D eigenvalue weighted by Crippen LogP contribution is -2.57. The van der Waals surface area contributed by atoms with Gasteiger partial charge < -0.3 is 15.5 Å². The Morgan fingerprint density at radius 1 is 1.11 bits per heavy atom. The number of carbonyl (C=O) groups is 1. The van der Waals surface area contributed by atoms with Crippen LogP contribution in [0.2, 0.25) is 5.02 Å². The summed E-state index contributed by atoms with van der Waals surface area (Å²) in [6.07, 6.45) is -0.0121. The van der Waals surface area contributed by atoms with Crippen molar-refractivity contribution in [2.24, 2.45) is 23.7 Å². The van der Waals surface area contributed by atoms with Gasteiger partial charge in [0.05, 0.1) is 26.9 Å². The van der Waals surface area contributed by atoms with E-state index in [0.29, 0.717) is 6.42 Å². The number of aliphatic hydroxyl groups excluding tert-OH is 1. The second kappa shape index (κ2) is 9.67. The minimum Gasteiger partial charge on any atom is -0.390 e. The normalized spacial score (nSPS) is 28.8. The van der Waals surface area contributed by atoms with Crippen molar-refractivity contribution in [3.05, 3.63) is 58.6 Å².